The molecule has 1 heterocycles. The van der Waals surface area contributed by atoms with Crippen LogP contribution in [0.25, 0.3) is 10.9 Å². The van der Waals surface area contributed by atoms with Gasteiger partial charge in [0, 0.05) is 17.1 Å². The van der Waals surface area contributed by atoms with Crippen LogP contribution in [-0.2, 0) is 4.74 Å². The maximum Gasteiger partial charge on any atom is 0.338 e. The Morgan fingerprint density at radius 2 is 2.33 bits per heavy atom. The van der Waals surface area contributed by atoms with E-state index in [2.05, 4.69) is 9.72 Å². The summed E-state index contributed by atoms with van der Waals surface area (Å²) in [5.41, 5.74) is 1.62. The maximum atomic E-state index is 11.4. The van der Waals surface area contributed by atoms with Gasteiger partial charge in [-0.2, -0.15) is 5.26 Å². The molecule has 2 rings (SSSR count). The minimum absolute atomic E-state index is 0.410. The Bertz CT molecular complexity index is 563. The summed E-state index contributed by atoms with van der Waals surface area (Å²) in [4.78, 5) is 14.4. The number of aromatic amines is 1. The molecular formula is C11H8N2O2. The van der Waals surface area contributed by atoms with Crippen molar-refractivity contribution in [2.24, 2.45) is 0 Å². The number of methoxy groups -OCH3 is 1. The lowest BCUT2D eigenvalue weighted by Crippen LogP contribution is -2.01. The Balaban J connectivity index is 2.79. The van der Waals surface area contributed by atoms with Crippen molar-refractivity contribution < 1.29 is 9.53 Å². The summed E-state index contributed by atoms with van der Waals surface area (Å²) in [6, 6.07) is 7.22. The number of H-pyrrole nitrogens is 1. The molecule has 0 aliphatic rings. The van der Waals surface area contributed by atoms with E-state index in [1.165, 1.54) is 7.11 Å². The number of nitrogens with zero attached hydrogens (tertiary/aromatic N) is 1. The molecule has 74 valence electrons. The summed E-state index contributed by atoms with van der Waals surface area (Å²) in [5, 5.41) is 9.50. The van der Waals surface area contributed by atoms with E-state index in [4.69, 9.17) is 5.26 Å². The second-order valence-corrected chi connectivity index (χ2v) is 3.03. The molecule has 1 N–H and O–H groups in total. The van der Waals surface area contributed by atoms with E-state index < -0.39 is 5.97 Å². The maximum absolute atomic E-state index is 11.4. The zero-order chi connectivity index (χ0) is 10.8. The summed E-state index contributed by atoms with van der Waals surface area (Å²) in [5.74, 6) is -0.434. The third kappa shape index (κ3) is 1.34. The molecule has 0 atom stereocenters. The fourth-order valence-electron chi connectivity index (χ4n) is 1.55. The molecule has 0 fully saturated rings. The molecular weight excluding hydrogens is 192 g/mol. The Hall–Kier alpha value is -2.28. The van der Waals surface area contributed by atoms with Crippen LogP contribution in [0.3, 0.4) is 0 Å². The molecule has 15 heavy (non-hydrogen) atoms. The molecule has 0 aliphatic heterocycles. The minimum Gasteiger partial charge on any atom is -0.465 e. The van der Waals surface area contributed by atoms with Gasteiger partial charge in [-0.15, -0.1) is 0 Å². The van der Waals surface area contributed by atoms with Crippen molar-refractivity contribution in [3.63, 3.8) is 0 Å². The van der Waals surface area contributed by atoms with Crippen LogP contribution in [0.1, 0.15) is 15.9 Å². The number of rotatable bonds is 1. The van der Waals surface area contributed by atoms with Crippen LogP contribution in [0.5, 0.6) is 0 Å². The number of ether oxygens (including phenoxy) is 1. The lowest BCUT2D eigenvalue weighted by Gasteiger charge is -2.00. The van der Waals surface area contributed by atoms with Gasteiger partial charge in [0.05, 0.1) is 18.2 Å². The lowest BCUT2D eigenvalue weighted by atomic mass is 10.1. The highest BCUT2D eigenvalue weighted by molar-refractivity contribution is 6.05. The van der Waals surface area contributed by atoms with Crippen molar-refractivity contribution in [3.05, 3.63) is 35.5 Å². The second-order valence-electron chi connectivity index (χ2n) is 3.03. The van der Waals surface area contributed by atoms with Gasteiger partial charge in [0.25, 0.3) is 0 Å². The van der Waals surface area contributed by atoms with Gasteiger partial charge in [0.2, 0.25) is 0 Å². The molecule has 0 spiro atoms. The fourth-order valence-corrected chi connectivity index (χ4v) is 1.55. The molecule has 1 aromatic carbocycles. The van der Waals surface area contributed by atoms with Crippen molar-refractivity contribution in [1.29, 1.82) is 5.26 Å². The van der Waals surface area contributed by atoms with Crippen LogP contribution >= 0.6 is 0 Å². The number of carbonyl (C=O) groups excluding carboxylic acids is 1. The predicted octanol–water partition coefficient (Wildman–Crippen LogP) is 1.83. The average molecular weight is 200 g/mol. The van der Waals surface area contributed by atoms with E-state index in [-0.39, 0.29) is 0 Å². The Morgan fingerprint density at radius 3 is 3.00 bits per heavy atom. The number of carbonyl (C=O) groups is 1. The van der Waals surface area contributed by atoms with E-state index in [1.807, 2.05) is 12.1 Å². The fraction of sp³-hybridized carbons (Fsp3) is 0.0909. The first kappa shape index (κ1) is 9.28. The number of hydrogen-bond donors (Lipinski definition) is 1. The zero-order valence-corrected chi connectivity index (χ0v) is 8.07. The van der Waals surface area contributed by atoms with Crippen LogP contribution in [0, 0.1) is 11.3 Å². The van der Waals surface area contributed by atoms with Gasteiger partial charge < -0.3 is 9.72 Å². The largest absolute Gasteiger partial charge is 0.465 e. The highest BCUT2D eigenvalue weighted by atomic mass is 16.5. The number of aromatic nitrogens is 1. The molecule has 0 radical (unpaired) electrons. The summed E-state index contributed by atoms with van der Waals surface area (Å²) in [7, 11) is 1.32. The third-order valence-corrected chi connectivity index (χ3v) is 2.23. The third-order valence-electron chi connectivity index (χ3n) is 2.23. The van der Waals surface area contributed by atoms with Crippen LogP contribution in [0.4, 0.5) is 0 Å². The average Bonchev–Trinajstić information content (AvgIpc) is 2.70. The number of hydrogen-bond acceptors (Lipinski definition) is 3. The smallest absolute Gasteiger partial charge is 0.338 e. The van der Waals surface area contributed by atoms with Crippen molar-refractivity contribution in [2.75, 3.05) is 7.11 Å². The summed E-state index contributed by atoms with van der Waals surface area (Å²) < 4.78 is 4.65. The number of esters is 1. The molecule has 1 aromatic heterocycles. The molecule has 0 unspecified atom stereocenters. The summed E-state index contributed by atoms with van der Waals surface area (Å²) in [6.45, 7) is 0. The molecule has 4 heteroatoms. The first-order valence-corrected chi connectivity index (χ1v) is 4.36. The van der Waals surface area contributed by atoms with Gasteiger partial charge in [-0.3, -0.25) is 0 Å². The molecule has 2 aromatic rings. The molecule has 4 nitrogen and oxygen atoms in total. The van der Waals surface area contributed by atoms with Crippen molar-refractivity contribution in [2.45, 2.75) is 0 Å². The first-order chi connectivity index (χ1) is 7.27. The zero-order valence-electron chi connectivity index (χ0n) is 8.07. The molecule has 0 amide bonds. The van der Waals surface area contributed by atoms with E-state index in [9.17, 15) is 4.79 Å². The SMILES string of the molecule is COC(=O)c1cccc2[nH]cc(C#N)c12. The van der Waals surface area contributed by atoms with E-state index >= 15 is 0 Å². The molecule has 0 bridgehead atoms. The summed E-state index contributed by atoms with van der Waals surface area (Å²) in [6.07, 6.45) is 1.58. The van der Waals surface area contributed by atoms with Gasteiger partial charge >= 0.3 is 5.97 Å². The highest BCUT2D eigenvalue weighted by Gasteiger charge is 2.14. The first-order valence-electron chi connectivity index (χ1n) is 4.36. The quantitative estimate of drug-likeness (QED) is 0.714. The normalized spacial score (nSPS) is 9.87. The number of fused-ring (bicyclic) bond motifs is 1. The van der Waals surface area contributed by atoms with Crippen LogP contribution < -0.4 is 0 Å². The minimum atomic E-state index is -0.434. The monoisotopic (exact) mass is 200 g/mol. The Kier molecular flexibility index (Phi) is 2.14. The summed E-state index contributed by atoms with van der Waals surface area (Å²) >= 11 is 0. The van der Waals surface area contributed by atoms with E-state index in [1.54, 1.807) is 18.3 Å². The predicted molar refractivity (Wildman–Crippen MR) is 54.4 cm³/mol. The van der Waals surface area contributed by atoms with Crippen LogP contribution in [0.2, 0.25) is 0 Å². The van der Waals surface area contributed by atoms with Gasteiger partial charge in [-0.25, -0.2) is 4.79 Å². The molecule has 0 saturated heterocycles. The standard InChI is InChI=1S/C11H8N2O2/c1-15-11(14)8-3-2-4-9-10(8)7(5-12)6-13-9/h2-4,6,13H,1H3. The second kappa shape index (κ2) is 3.46. The van der Waals surface area contributed by atoms with Crippen molar-refractivity contribution in [1.82, 2.24) is 4.98 Å². The van der Waals surface area contributed by atoms with Gasteiger partial charge in [-0.1, -0.05) is 6.07 Å². The van der Waals surface area contributed by atoms with Crippen LogP contribution in [0.15, 0.2) is 24.4 Å². The van der Waals surface area contributed by atoms with E-state index in [0.29, 0.717) is 16.5 Å². The highest BCUT2D eigenvalue weighted by Crippen LogP contribution is 2.22. The van der Waals surface area contributed by atoms with Crippen molar-refractivity contribution >= 4 is 16.9 Å². The Morgan fingerprint density at radius 1 is 1.53 bits per heavy atom. The number of nitrogens with one attached hydrogen (secondary N) is 1. The number of benzene rings is 1. The topological polar surface area (TPSA) is 65.9 Å². The van der Waals surface area contributed by atoms with E-state index in [0.717, 1.165) is 5.52 Å². The van der Waals surface area contributed by atoms with Gasteiger partial charge in [0.15, 0.2) is 0 Å². The lowest BCUT2D eigenvalue weighted by molar-refractivity contribution is 0.0603. The molecule has 0 aliphatic carbocycles. The van der Waals surface area contributed by atoms with Gasteiger partial charge in [-0.05, 0) is 12.1 Å². The van der Waals surface area contributed by atoms with Crippen molar-refractivity contribution in [3.8, 4) is 6.07 Å². The number of nitriles is 1. The molecule has 0 saturated carbocycles. The Labute approximate surface area is 86.1 Å². The van der Waals surface area contributed by atoms with Gasteiger partial charge in [0.1, 0.15) is 6.07 Å². The van der Waals surface area contributed by atoms with Crippen LogP contribution in [-0.4, -0.2) is 18.1 Å².